The molecule has 0 heterocycles. The second-order valence-corrected chi connectivity index (χ2v) is 3.57. The van der Waals surface area contributed by atoms with Crippen LogP contribution in [0, 0.1) is 5.92 Å². The van der Waals surface area contributed by atoms with E-state index in [9.17, 15) is 8.78 Å². The zero-order chi connectivity index (χ0) is 11.3. The number of alkyl halides is 2. The number of ether oxygens (including phenoxy) is 1. The molecule has 2 N–H and O–H groups in total. The summed E-state index contributed by atoms with van der Waals surface area (Å²) >= 11 is 0. The molecule has 0 bridgehead atoms. The topological polar surface area (TPSA) is 35.2 Å². The Morgan fingerprint density at radius 3 is 2.33 bits per heavy atom. The molecule has 1 rings (SSSR count). The van der Waals surface area contributed by atoms with Gasteiger partial charge in [-0.05, 0) is 36.6 Å². The molecule has 0 saturated heterocycles. The molecule has 0 aliphatic rings. The summed E-state index contributed by atoms with van der Waals surface area (Å²) in [6.45, 7) is -0.0995. The molecule has 0 saturated carbocycles. The second kappa shape index (κ2) is 5.66. The minimum absolute atomic E-state index is 0.189. The molecule has 2 nitrogen and oxygen atoms in total. The molecule has 0 radical (unpaired) electrons. The second-order valence-electron chi connectivity index (χ2n) is 3.57. The number of nitrogens with two attached hydrogens (primary N) is 1. The zero-order valence-electron chi connectivity index (χ0n) is 8.62. The Hall–Kier alpha value is -1.16. The Balaban J connectivity index is 2.56. The SMILES string of the molecule is C[C@H](CN)Cc1ccc(OC(F)F)cc1. The monoisotopic (exact) mass is 215 g/mol. The van der Waals surface area contributed by atoms with Gasteiger partial charge in [0.1, 0.15) is 5.75 Å². The molecule has 1 atom stereocenters. The van der Waals surface area contributed by atoms with Gasteiger partial charge < -0.3 is 10.5 Å². The van der Waals surface area contributed by atoms with Crippen molar-refractivity contribution in [2.45, 2.75) is 20.0 Å². The van der Waals surface area contributed by atoms with E-state index >= 15 is 0 Å². The van der Waals surface area contributed by atoms with Gasteiger partial charge in [-0.3, -0.25) is 0 Å². The average molecular weight is 215 g/mol. The van der Waals surface area contributed by atoms with E-state index < -0.39 is 6.61 Å². The van der Waals surface area contributed by atoms with E-state index in [-0.39, 0.29) is 5.75 Å². The normalized spacial score (nSPS) is 12.9. The highest BCUT2D eigenvalue weighted by Gasteiger charge is 2.05. The van der Waals surface area contributed by atoms with Crippen LogP contribution >= 0.6 is 0 Å². The Bertz CT molecular complexity index is 287. The van der Waals surface area contributed by atoms with Gasteiger partial charge in [-0.1, -0.05) is 19.1 Å². The number of hydrogen-bond acceptors (Lipinski definition) is 2. The standard InChI is InChI=1S/C11H15F2NO/c1-8(7-14)6-9-2-4-10(5-3-9)15-11(12)13/h2-5,8,11H,6-7,14H2,1H3/t8-/m0/s1. The van der Waals surface area contributed by atoms with E-state index in [1.807, 2.05) is 6.92 Å². The maximum absolute atomic E-state index is 11.8. The molecule has 0 aliphatic heterocycles. The molecular weight excluding hydrogens is 200 g/mol. The van der Waals surface area contributed by atoms with Crippen molar-refractivity contribution >= 4 is 0 Å². The molecule has 4 heteroatoms. The Morgan fingerprint density at radius 1 is 1.27 bits per heavy atom. The number of benzene rings is 1. The third kappa shape index (κ3) is 4.25. The number of hydrogen-bond donors (Lipinski definition) is 1. The summed E-state index contributed by atoms with van der Waals surface area (Å²) in [7, 11) is 0. The lowest BCUT2D eigenvalue weighted by atomic mass is 10.0. The van der Waals surface area contributed by atoms with Gasteiger partial charge >= 0.3 is 6.61 Å². The Labute approximate surface area is 88.0 Å². The van der Waals surface area contributed by atoms with Crippen molar-refractivity contribution in [2.24, 2.45) is 11.7 Å². The van der Waals surface area contributed by atoms with Crippen molar-refractivity contribution in [1.29, 1.82) is 0 Å². The largest absolute Gasteiger partial charge is 0.435 e. The lowest BCUT2D eigenvalue weighted by Crippen LogP contribution is -2.13. The first-order chi connectivity index (χ1) is 7.11. The van der Waals surface area contributed by atoms with Crippen LogP contribution < -0.4 is 10.5 Å². The van der Waals surface area contributed by atoms with Crippen LogP contribution in [-0.4, -0.2) is 13.2 Å². The molecule has 1 aromatic carbocycles. The predicted molar refractivity (Wildman–Crippen MR) is 55.0 cm³/mol. The van der Waals surface area contributed by atoms with E-state index in [4.69, 9.17) is 5.73 Å². The third-order valence-electron chi connectivity index (χ3n) is 2.14. The maximum atomic E-state index is 11.8. The molecule has 15 heavy (non-hydrogen) atoms. The van der Waals surface area contributed by atoms with Crippen LogP contribution in [0.5, 0.6) is 5.75 Å². The van der Waals surface area contributed by atoms with E-state index in [1.54, 1.807) is 24.3 Å². The van der Waals surface area contributed by atoms with Gasteiger partial charge in [0, 0.05) is 0 Å². The molecule has 0 aliphatic carbocycles. The van der Waals surface area contributed by atoms with Crippen molar-refractivity contribution < 1.29 is 13.5 Å². The molecule has 0 aromatic heterocycles. The summed E-state index contributed by atoms with van der Waals surface area (Å²) in [5.41, 5.74) is 6.57. The van der Waals surface area contributed by atoms with Crippen molar-refractivity contribution in [1.82, 2.24) is 0 Å². The van der Waals surface area contributed by atoms with Gasteiger partial charge in [0.05, 0.1) is 0 Å². The van der Waals surface area contributed by atoms with Crippen LogP contribution in [0.2, 0.25) is 0 Å². The molecule has 0 fully saturated rings. The molecule has 84 valence electrons. The quantitative estimate of drug-likeness (QED) is 0.818. The van der Waals surface area contributed by atoms with Crippen LogP contribution in [0.3, 0.4) is 0 Å². The van der Waals surface area contributed by atoms with Crippen LogP contribution in [0.15, 0.2) is 24.3 Å². The van der Waals surface area contributed by atoms with Crippen molar-refractivity contribution in [3.8, 4) is 5.75 Å². The van der Waals surface area contributed by atoms with Crippen molar-refractivity contribution in [3.63, 3.8) is 0 Å². The van der Waals surface area contributed by atoms with Crippen molar-refractivity contribution in [2.75, 3.05) is 6.54 Å². The number of halogens is 2. The van der Waals surface area contributed by atoms with Crippen LogP contribution in [0.4, 0.5) is 8.78 Å². The molecule has 0 spiro atoms. The third-order valence-corrected chi connectivity index (χ3v) is 2.14. The minimum atomic E-state index is -2.76. The summed E-state index contributed by atoms with van der Waals surface area (Å²) in [5.74, 6) is 0.584. The fourth-order valence-electron chi connectivity index (χ4n) is 1.29. The van der Waals surface area contributed by atoms with Crippen LogP contribution in [0.25, 0.3) is 0 Å². The van der Waals surface area contributed by atoms with E-state index in [0.29, 0.717) is 12.5 Å². The Morgan fingerprint density at radius 2 is 1.87 bits per heavy atom. The summed E-state index contributed by atoms with van der Waals surface area (Å²) in [5, 5.41) is 0. The lowest BCUT2D eigenvalue weighted by molar-refractivity contribution is -0.0498. The highest BCUT2D eigenvalue weighted by atomic mass is 19.3. The maximum Gasteiger partial charge on any atom is 0.387 e. The molecular formula is C11H15F2NO. The van der Waals surface area contributed by atoms with Crippen molar-refractivity contribution in [3.05, 3.63) is 29.8 Å². The summed E-state index contributed by atoms with van der Waals surface area (Å²) < 4.78 is 27.9. The minimum Gasteiger partial charge on any atom is -0.435 e. The number of rotatable bonds is 5. The smallest absolute Gasteiger partial charge is 0.387 e. The first-order valence-electron chi connectivity index (χ1n) is 4.85. The average Bonchev–Trinajstić information content (AvgIpc) is 2.20. The fraction of sp³-hybridized carbons (Fsp3) is 0.455. The first kappa shape index (κ1) is 11.9. The van der Waals surface area contributed by atoms with Gasteiger partial charge in [-0.25, -0.2) is 0 Å². The molecule has 1 aromatic rings. The summed E-state index contributed by atoms with van der Waals surface area (Å²) in [6, 6.07) is 6.66. The lowest BCUT2D eigenvalue weighted by Gasteiger charge is -2.09. The first-order valence-corrected chi connectivity index (χ1v) is 4.85. The van der Waals surface area contributed by atoms with E-state index in [1.165, 1.54) is 0 Å². The zero-order valence-corrected chi connectivity index (χ0v) is 8.62. The highest BCUT2D eigenvalue weighted by Crippen LogP contribution is 2.16. The molecule has 0 unspecified atom stereocenters. The predicted octanol–water partition coefficient (Wildman–Crippen LogP) is 2.43. The van der Waals surface area contributed by atoms with Crippen LogP contribution in [0.1, 0.15) is 12.5 Å². The molecule has 0 amide bonds. The van der Waals surface area contributed by atoms with Gasteiger partial charge in [0.25, 0.3) is 0 Å². The summed E-state index contributed by atoms with van der Waals surface area (Å²) in [6.07, 6.45) is 0.853. The highest BCUT2D eigenvalue weighted by molar-refractivity contribution is 5.27. The Kier molecular flexibility index (Phi) is 4.49. The van der Waals surface area contributed by atoms with Gasteiger partial charge in [0.2, 0.25) is 0 Å². The fourth-order valence-corrected chi connectivity index (χ4v) is 1.29. The van der Waals surface area contributed by atoms with Crippen LogP contribution in [-0.2, 0) is 6.42 Å². The van der Waals surface area contributed by atoms with E-state index in [0.717, 1.165) is 12.0 Å². The van der Waals surface area contributed by atoms with E-state index in [2.05, 4.69) is 4.74 Å². The van der Waals surface area contributed by atoms with Gasteiger partial charge in [0.15, 0.2) is 0 Å². The van der Waals surface area contributed by atoms with Gasteiger partial charge in [-0.2, -0.15) is 8.78 Å². The van der Waals surface area contributed by atoms with Gasteiger partial charge in [-0.15, -0.1) is 0 Å². The summed E-state index contributed by atoms with van der Waals surface area (Å²) in [4.78, 5) is 0.